The summed E-state index contributed by atoms with van der Waals surface area (Å²) in [6.45, 7) is 2.66. The van der Waals surface area contributed by atoms with Crippen molar-refractivity contribution >= 4 is 11.6 Å². The van der Waals surface area contributed by atoms with E-state index in [0.717, 1.165) is 0 Å². The Balaban J connectivity index is 1.38. The second kappa shape index (κ2) is 8.33. The van der Waals surface area contributed by atoms with Gasteiger partial charge in [-0.25, -0.2) is 4.39 Å². The number of amides is 1. The van der Waals surface area contributed by atoms with Crippen LogP contribution in [0.15, 0.2) is 48.5 Å². The maximum atomic E-state index is 13.2. The third kappa shape index (κ3) is 4.15. The summed E-state index contributed by atoms with van der Waals surface area (Å²) in [6.07, 6.45) is 0. The number of hydrogen-bond donors (Lipinski definition) is 0. The van der Waals surface area contributed by atoms with Crippen molar-refractivity contribution in [1.82, 2.24) is 30.0 Å². The molecule has 30 heavy (non-hydrogen) atoms. The number of nitro benzene ring substituents is 1. The smallest absolute Gasteiger partial charge is 0.270 e. The minimum absolute atomic E-state index is 0.105. The predicted molar refractivity (Wildman–Crippen MR) is 103 cm³/mol. The minimum atomic E-state index is -0.514. The maximum absolute atomic E-state index is 13.2. The van der Waals surface area contributed by atoms with Crippen LogP contribution in [0.3, 0.4) is 0 Å². The van der Waals surface area contributed by atoms with Crippen molar-refractivity contribution in [1.29, 1.82) is 0 Å². The lowest BCUT2D eigenvalue weighted by molar-refractivity contribution is -0.384. The molecular weight excluding hydrogens is 393 g/mol. The molecule has 11 heteroatoms. The van der Waals surface area contributed by atoms with Gasteiger partial charge in [-0.1, -0.05) is 6.07 Å². The van der Waals surface area contributed by atoms with E-state index in [1.165, 1.54) is 30.3 Å². The third-order valence-corrected chi connectivity index (χ3v) is 4.93. The van der Waals surface area contributed by atoms with E-state index in [4.69, 9.17) is 0 Å². The van der Waals surface area contributed by atoms with Crippen LogP contribution in [0.5, 0.6) is 0 Å². The average Bonchev–Trinajstić information content (AvgIpc) is 3.22. The highest BCUT2D eigenvalue weighted by Crippen LogP contribution is 2.17. The highest BCUT2D eigenvalue weighted by molar-refractivity contribution is 5.94. The fraction of sp³-hybridized carbons (Fsp3) is 0.263. The van der Waals surface area contributed by atoms with Crippen LogP contribution < -0.4 is 0 Å². The van der Waals surface area contributed by atoms with Crippen molar-refractivity contribution in [3.63, 3.8) is 0 Å². The van der Waals surface area contributed by atoms with Crippen LogP contribution >= 0.6 is 0 Å². The first kappa shape index (κ1) is 19.6. The molecule has 1 aliphatic rings. The number of carbonyl (C=O) groups excluding carboxylic acids is 1. The number of piperazine rings is 1. The molecule has 0 aliphatic carbocycles. The van der Waals surface area contributed by atoms with E-state index in [2.05, 4.69) is 20.4 Å². The fourth-order valence-electron chi connectivity index (χ4n) is 3.33. The van der Waals surface area contributed by atoms with Crippen LogP contribution in [0.25, 0.3) is 5.69 Å². The highest BCUT2D eigenvalue weighted by Gasteiger charge is 2.24. The van der Waals surface area contributed by atoms with Gasteiger partial charge >= 0.3 is 0 Å². The Bertz CT molecular complexity index is 1060. The molecule has 10 nitrogen and oxygen atoms in total. The molecule has 0 saturated carbocycles. The van der Waals surface area contributed by atoms with Crippen LogP contribution in [0.4, 0.5) is 10.1 Å². The van der Waals surface area contributed by atoms with Crippen LogP contribution in [0, 0.1) is 15.9 Å². The molecule has 1 aliphatic heterocycles. The largest absolute Gasteiger partial charge is 0.336 e. The van der Waals surface area contributed by atoms with Gasteiger partial charge in [0, 0.05) is 43.9 Å². The normalized spacial score (nSPS) is 14.6. The second-order valence-electron chi connectivity index (χ2n) is 6.86. The van der Waals surface area contributed by atoms with Gasteiger partial charge in [0.1, 0.15) is 5.82 Å². The van der Waals surface area contributed by atoms with Gasteiger partial charge in [0.15, 0.2) is 5.82 Å². The third-order valence-electron chi connectivity index (χ3n) is 4.93. The lowest BCUT2D eigenvalue weighted by atomic mass is 10.1. The van der Waals surface area contributed by atoms with E-state index in [1.807, 2.05) is 0 Å². The Morgan fingerprint density at radius 1 is 1.10 bits per heavy atom. The van der Waals surface area contributed by atoms with Crippen molar-refractivity contribution in [3.05, 3.63) is 75.9 Å². The first-order chi connectivity index (χ1) is 14.5. The molecule has 154 valence electrons. The van der Waals surface area contributed by atoms with E-state index < -0.39 is 4.92 Å². The highest BCUT2D eigenvalue weighted by atomic mass is 19.1. The number of aromatic nitrogens is 4. The molecule has 2 aromatic carbocycles. The number of non-ortho nitro benzene ring substituents is 1. The number of nitro groups is 1. The van der Waals surface area contributed by atoms with Gasteiger partial charge in [-0.15, -0.1) is 5.10 Å². The summed E-state index contributed by atoms with van der Waals surface area (Å²) in [5, 5.41) is 22.7. The van der Waals surface area contributed by atoms with Crippen LogP contribution in [-0.4, -0.2) is 67.0 Å². The average molecular weight is 411 g/mol. The summed E-state index contributed by atoms with van der Waals surface area (Å²) in [5.74, 6) is 0.0486. The molecule has 2 heterocycles. The lowest BCUT2D eigenvalue weighted by Crippen LogP contribution is -2.48. The van der Waals surface area contributed by atoms with Crippen molar-refractivity contribution in [2.75, 3.05) is 26.2 Å². The Hall–Kier alpha value is -3.73. The maximum Gasteiger partial charge on any atom is 0.270 e. The van der Waals surface area contributed by atoms with E-state index in [9.17, 15) is 19.3 Å². The van der Waals surface area contributed by atoms with Gasteiger partial charge in [-0.05, 0) is 40.8 Å². The molecule has 0 atom stereocenters. The monoisotopic (exact) mass is 411 g/mol. The Morgan fingerprint density at radius 2 is 1.83 bits per heavy atom. The number of nitrogens with zero attached hydrogens (tertiary/aromatic N) is 7. The Kier molecular flexibility index (Phi) is 5.44. The molecule has 4 rings (SSSR count). The second-order valence-corrected chi connectivity index (χ2v) is 6.86. The minimum Gasteiger partial charge on any atom is -0.336 e. The summed E-state index contributed by atoms with van der Waals surface area (Å²) >= 11 is 0. The molecular formula is C19H18FN7O3. The summed E-state index contributed by atoms with van der Waals surface area (Å²) in [6, 6.07) is 11.6. The number of hydrogen-bond acceptors (Lipinski definition) is 7. The molecule has 0 bridgehead atoms. The number of benzene rings is 2. The van der Waals surface area contributed by atoms with Crippen LogP contribution in [0.2, 0.25) is 0 Å². The fourth-order valence-corrected chi connectivity index (χ4v) is 3.33. The quantitative estimate of drug-likeness (QED) is 0.464. The van der Waals surface area contributed by atoms with Crippen molar-refractivity contribution in [3.8, 4) is 5.69 Å². The SMILES string of the molecule is O=C(c1cccc([N+](=O)[O-])c1)N1CCN(Cc2nnnn2-c2ccc(F)cc2)CC1. The van der Waals surface area contributed by atoms with Gasteiger partial charge in [-0.3, -0.25) is 19.8 Å². The van der Waals surface area contributed by atoms with Crippen LogP contribution in [0.1, 0.15) is 16.2 Å². The van der Waals surface area contributed by atoms with Gasteiger partial charge < -0.3 is 4.90 Å². The van der Waals surface area contributed by atoms with Gasteiger partial charge in [0.05, 0.1) is 17.2 Å². The number of tetrazole rings is 1. The first-order valence-electron chi connectivity index (χ1n) is 9.30. The van der Waals surface area contributed by atoms with E-state index in [-0.39, 0.29) is 17.4 Å². The molecule has 3 aromatic rings. The summed E-state index contributed by atoms with van der Waals surface area (Å²) < 4.78 is 14.7. The topological polar surface area (TPSA) is 110 Å². The number of halogens is 1. The van der Waals surface area contributed by atoms with E-state index >= 15 is 0 Å². The zero-order valence-corrected chi connectivity index (χ0v) is 15.9. The van der Waals surface area contributed by atoms with Gasteiger partial charge in [-0.2, -0.15) is 4.68 Å². The van der Waals surface area contributed by atoms with Crippen molar-refractivity contribution in [2.45, 2.75) is 6.54 Å². The van der Waals surface area contributed by atoms with Gasteiger partial charge in [0.25, 0.3) is 11.6 Å². The Labute approximate surface area is 170 Å². The lowest BCUT2D eigenvalue weighted by Gasteiger charge is -2.34. The zero-order chi connectivity index (χ0) is 21.1. The molecule has 0 unspecified atom stereocenters. The number of carbonyl (C=O) groups is 1. The van der Waals surface area contributed by atoms with E-state index in [1.54, 1.807) is 27.8 Å². The Morgan fingerprint density at radius 3 is 2.53 bits per heavy atom. The molecule has 1 aromatic heterocycles. The molecule has 1 amide bonds. The summed E-state index contributed by atoms with van der Waals surface area (Å²) in [4.78, 5) is 26.9. The number of rotatable bonds is 5. The zero-order valence-electron chi connectivity index (χ0n) is 15.9. The molecule has 1 fully saturated rings. The molecule has 0 radical (unpaired) electrons. The van der Waals surface area contributed by atoms with E-state index in [0.29, 0.717) is 49.8 Å². The first-order valence-corrected chi connectivity index (χ1v) is 9.30. The summed E-state index contributed by atoms with van der Waals surface area (Å²) in [5.41, 5.74) is 0.862. The van der Waals surface area contributed by atoms with Crippen molar-refractivity contribution < 1.29 is 14.1 Å². The van der Waals surface area contributed by atoms with Gasteiger partial charge in [0.2, 0.25) is 0 Å². The molecule has 0 N–H and O–H groups in total. The molecule has 1 saturated heterocycles. The molecule has 0 spiro atoms. The van der Waals surface area contributed by atoms with Crippen molar-refractivity contribution in [2.24, 2.45) is 0 Å². The summed E-state index contributed by atoms with van der Waals surface area (Å²) in [7, 11) is 0. The predicted octanol–water partition coefficient (Wildman–Crippen LogP) is 1.67. The standard InChI is InChI=1S/C19H18FN7O3/c20-15-4-6-16(7-5-15)26-18(21-22-23-26)13-24-8-10-25(11-9-24)19(28)14-2-1-3-17(12-14)27(29)30/h1-7,12H,8-11,13H2. The van der Waals surface area contributed by atoms with Crippen LogP contribution in [-0.2, 0) is 6.54 Å².